The van der Waals surface area contributed by atoms with Crippen molar-refractivity contribution in [3.63, 3.8) is 0 Å². The first-order valence-electron chi connectivity index (χ1n) is 7.87. The summed E-state index contributed by atoms with van der Waals surface area (Å²) in [5, 5.41) is 9.83. The highest BCUT2D eigenvalue weighted by Gasteiger charge is 2.60. The molecule has 0 fully saturated rings. The van der Waals surface area contributed by atoms with Crippen LogP contribution in [-0.4, -0.2) is 16.9 Å². The number of phenolic OH excluding ortho intramolecular Hbond substituents is 1. The molecule has 1 aliphatic carbocycles. The second kappa shape index (κ2) is 4.60. The number of hydrogen-bond donors (Lipinski definition) is 1. The zero-order valence-electron chi connectivity index (χ0n) is 12.9. The molecule has 0 bridgehead atoms. The van der Waals surface area contributed by atoms with E-state index in [-0.39, 0.29) is 11.5 Å². The Labute approximate surface area is 142 Å². The lowest BCUT2D eigenvalue weighted by atomic mass is 9.70. The van der Waals surface area contributed by atoms with E-state index in [0.29, 0.717) is 28.2 Å². The number of aromatic hydroxyl groups is 1. The monoisotopic (exact) mass is 332 g/mol. The zero-order valence-corrected chi connectivity index (χ0v) is 12.9. The lowest BCUT2D eigenvalue weighted by Crippen LogP contribution is -2.46. The van der Waals surface area contributed by atoms with Crippen LogP contribution in [-0.2, 0) is 15.1 Å². The van der Waals surface area contributed by atoms with Gasteiger partial charge < -0.3 is 14.6 Å². The molecule has 2 aliphatic heterocycles. The molecule has 2 heterocycles. The molecule has 2 atom stereocenters. The molecule has 1 spiro atoms. The third-order valence-corrected chi connectivity index (χ3v) is 4.89. The van der Waals surface area contributed by atoms with E-state index in [9.17, 15) is 14.7 Å². The quantitative estimate of drug-likeness (QED) is 0.751. The Balaban J connectivity index is 1.89. The molecule has 122 valence electrons. The second-order valence-corrected chi connectivity index (χ2v) is 6.22. The van der Waals surface area contributed by atoms with Gasteiger partial charge in [-0.2, -0.15) is 0 Å². The maximum atomic E-state index is 12.7. The first-order valence-corrected chi connectivity index (χ1v) is 7.87. The van der Waals surface area contributed by atoms with Gasteiger partial charge in [-0.15, -0.1) is 0 Å². The fourth-order valence-electron chi connectivity index (χ4n) is 3.90. The Morgan fingerprint density at radius 3 is 2.76 bits per heavy atom. The van der Waals surface area contributed by atoms with Crippen molar-refractivity contribution in [2.75, 3.05) is 0 Å². The summed E-state index contributed by atoms with van der Waals surface area (Å²) in [6.45, 7) is 0. The molecule has 2 aromatic carbocycles. The standard InChI is InChI=1S/C20H12O5/c21-11-8-9-14-17(10-11)24-16-7-3-6-15(22)18(16)20(14)13-5-2-1-4-12(13)19(23)25-20/h1-10,18,21H. The Bertz CT molecular complexity index is 1020. The van der Waals surface area contributed by atoms with Crippen molar-refractivity contribution in [2.45, 2.75) is 5.60 Å². The molecule has 1 N–H and O–H groups in total. The molecule has 0 saturated carbocycles. The molecule has 0 aromatic heterocycles. The average Bonchev–Trinajstić information content (AvgIpc) is 2.88. The molecule has 5 heteroatoms. The van der Waals surface area contributed by atoms with Crippen LogP contribution in [0.25, 0.3) is 0 Å². The zero-order chi connectivity index (χ0) is 17.2. The minimum absolute atomic E-state index is 0.0308. The average molecular weight is 332 g/mol. The summed E-state index contributed by atoms with van der Waals surface area (Å²) in [5.41, 5.74) is 0.331. The van der Waals surface area contributed by atoms with E-state index in [1.807, 2.05) is 6.07 Å². The molecular weight excluding hydrogens is 320 g/mol. The maximum absolute atomic E-state index is 12.7. The van der Waals surface area contributed by atoms with Gasteiger partial charge in [-0.05, 0) is 30.4 Å². The van der Waals surface area contributed by atoms with Crippen molar-refractivity contribution in [3.8, 4) is 11.5 Å². The van der Waals surface area contributed by atoms with E-state index in [1.54, 1.807) is 36.4 Å². The highest BCUT2D eigenvalue weighted by Crippen LogP contribution is 2.56. The number of ketones is 1. The number of carbonyl (C=O) groups is 2. The molecule has 25 heavy (non-hydrogen) atoms. The van der Waals surface area contributed by atoms with Crippen LogP contribution in [0, 0.1) is 5.92 Å². The van der Waals surface area contributed by atoms with Gasteiger partial charge in [-0.25, -0.2) is 4.79 Å². The normalized spacial score (nSPS) is 25.6. The van der Waals surface area contributed by atoms with Crippen LogP contribution in [0.4, 0.5) is 0 Å². The number of rotatable bonds is 0. The van der Waals surface area contributed by atoms with E-state index in [4.69, 9.17) is 9.47 Å². The van der Waals surface area contributed by atoms with Crippen LogP contribution in [0.2, 0.25) is 0 Å². The van der Waals surface area contributed by atoms with E-state index in [1.165, 1.54) is 18.2 Å². The summed E-state index contributed by atoms with van der Waals surface area (Å²) >= 11 is 0. The number of fused-ring (bicyclic) bond motifs is 6. The summed E-state index contributed by atoms with van der Waals surface area (Å²) in [7, 11) is 0. The van der Waals surface area contributed by atoms with Crippen LogP contribution >= 0.6 is 0 Å². The van der Waals surface area contributed by atoms with Crippen LogP contribution in [0.3, 0.4) is 0 Å². The van der Waals surface area contributed by atoms with Crippen molar-refractivity contribution < 1.29 is 24.2 Å². The van der Waals surface area contributed by atoms with Gasteiger partial charge in [0.25, 0.3) is 0 Å². The molecule has 0 saturated heterocycles. The fourth-order valence-corrected chi connectivity index (χ4v) is 3.90. The summed E-state index contributed by atoms with van der Waals surface area (Å²) < 4.78 is 11.7. The molecular formula is C20H12O5. The first-order chi connectivity index (χ1) is 12.1. The third kappa shape index (κ3) is 1.67. The van der Waals surface area contributed by atoms with E-state index in [0.717, 1.165) is 0 Å². The van der Waals surface area contributed by atoms with Gasteiger partial charge >= 0.3 is 5.97 Å². The van der Waals surface area contributed by atoms with Crippen molar-refractivity contribution >= 4 is 11.8 Å². The first kappa shape index (κ1) is 14.0. The highest BCUT2D eigenvalue weighted by molar-refractivity contribution is 6.01. The van der Waals surface area contributed by atoms with E-state index < -0.39 is 17.5 Å². The molecule has 0 radical (unpaired) electrons. The molecule has 5 nitrogen and oxygen atoms in total. The van der Waals surface area contributed by atoms with Crippen molar-refractivity contribution in [2.24, 2.45) is 5.92 Å². The number of benzene rings is 2. The number of phenols is 1. The molecule has 2 aromatic rings. The smallest absolute Gasteiger partial charge is 0.339 e. The Morgan fingerprint density at radius 1 is 1.04 bits per heavy atom. The second-order valence-electron chi connectivity index (χ2n) is 6.22. The molecule has 0 amide bonds. The van der Waals surface area contributed by atoms with Gasteiger partial charge in [0.05, 0.1) is 5.56 Å². The summed E-state index contributed by atoms with van der Waals surface area (Å²) in [6.07, 6.45) is 4.76. The number of carbonyl (C=O) groups excluding carboxylic acids is 2. The minimum atomic E-state index is -1.29. The Kier molecular flexibility index (Phi) is 2.58. The fraction of sp³-hybridized carbons (Fsp3) is 0.100. The van der Waals surface area contributed by atoms with Crippen molar-refractivity contribution in [1.29, 1.82) is 0 Å². The minimum Gasteiger partial charge on any atom is -0.508 e. The number of allylic oxidation sites excluding steroid dienone is 3. The van der Waals surface area contributed by atoms with Crippen LogP contribution in [0.1, 0.15) is 21.5 Å². The Hall–Kier alpha value is -3.34. The SMILES string of the molecule is O=C1OC2(c3ccc(O)cc3OC3=CC=CC(=O)C32)c2ccccc21. The molecule has 3 aliphatic rings. The van der Waals surface area contributed by atoms with E-state index >= 15 is 0 Å². The number of ether oxygens (including phenoxy) is 2. The van der Waals surface area contributed by atoms with E-state index in [2.05, 4.69) is 0 Å². The highest BCUT2D eigenvalue weighted by atomic mass is 16.6. The molecule has 5 rings (SSSR count). The van der Waals surface area contributed by atoms with Gasteiger partial charge in [0.1, 0.15) is 23.2 Å². The van der Waals surface area contributed by atoms with Gasteiger partial charge in [0, 0.05) is 17.2 Å². The molecule has 2 unspecified atom stereocenters. The lowest BCUT2D eigenvalue weighted by molar-refractivity contribution is -0.125. The summed E-state index contributed by atoms with van der Waals surface area (Å²) in [5.74, 6) is -0.658. The topological polar surface area (TPSA) is 72.8 Å². The van der Waals surface area contributed by atoms with Crippen molar-refractivity contribution in [1.82, 2.24) is 0 Å². The Morgan fingerprint density at radius 2 is 1.88 bits per heavy atom. The summed E-state index contributed by atoms with van der Waals surface area (Å²) in [4.78, 5) is 25.3. The largest absolute Gasteiger partial charge is 0.508 e. The number of esters is 1. The third-order valence-electron chi connectivity index (χ3n) is 4.89. The van der Waals surface area contributed by atoms with Crippen molar-refractivity contribution in [3.05, 3.63) is 83.1 Å². The van der Waals surface area contributed by atoms with Gasteiger partial charge in [0.15, 0.2) is 11.4 Å². The van der Waals surface area contributed by atoms with Crippen LogP contribution in [0.5, 0.6) is 11.5 Å². The van der Waals surface area contributed by atoms with Gasteiger partial charge in [0.2, 0.25) is 0 Å². The van der Waals surface area contributed by atoms with Gasteiger partial charge in [-0.3, -0.25) is 4.79 Å². The number of hydrogen-bond acceptors (Lipinski definition) is 5. The summed E-state index contributed by atoms with van der Waals surface area (Å²) in [6, 6.07) is 11.7. The predicted octanol–water partition coefficient (Wildman–Crippen LogP) is 2.84. The predicted molar refractivity (Wildman–Crippen MR) is 87.1 cm³/mol. The lowest BCUT2D eigenvalue weighted by Gasteiger charge is -2.42. The van der Waals surface area contributed by atoms with Gasteiger partial charge in [-0.1, -0.05) is 24.3 Å². The van der Waals surface area contributed by atoms with Crippen LogP contribution < -0.4 is 4.74 Å². The maximum Gasteiger partial charge on any atom is 0.339 e. The van der Waals surface area contributed by atoms with Crippen LogP contribution in [0.15, 0.2) is 66.5 Å².